The van der Waals surface area contributed by atoms with Gasteiger partial charge in [-0.05, 0) is 49.7 Å². The summed E-state index contributed by atoms with van der Waals surface area (Å²) in [6.45, 7) is 2.01. The lowest BCUT2D eigenvalue weighted by Gasteiger charge is -2.07. The highest BCUT2D eigenvalue weighted by molar-refractivity contribution is 7.22. The van der Waals surface area contributed by atoms with Gasteiger partial charge in [-0.3, -0.25) is 4.79 Å². The SMILES string of the molecule is CC(O)CCNC(=O)c1ccc2c(c1)nc(Nc1nc3ccc(C(F)(F)F)cc3s1)n2C. The molecule has 0 spiro atoms. The fourth-order valence-electron chi connectivity index (χ4n) is 3.20. The van der Waals surface area contributed by atoms with Gasteiger partial charge in [-0.2, -0.15) is 13.2 Å². The standard InChI is InChI=1S/C21H20F3N5O2S/c1-11(30)7-8-25-18(31)12-3-6-16-15(9-12)26-19(29(16)2)28-20-27-14-5-4-13(21(22,23)24)10-17(14)32-20/h3-6,9-11,30H,7-8H2,1-2H3,(H,25,31)(H,26,27,28). The zero-order valence-electron chi connectivity index (χ0n) is 17.2. The Morgan fingerprint density at radius 1 is 1.19 bits per heavy atom. The third kappa shape index (κ3) is 4.53. The molecule has 0 bridgehead atoms. The van der Waals surface area contributed by atoms with E-state index in [0.29, 0.717) is 45.3 Å². The third-order valence-corrected chi connectivity index (χ3v) is 5.86. The molecule has 4 rings (SSSR count). The highest BCUT2D eigenvalue weighted by Crippen LogP contribution is 2.35. The van der Waals surface area contributed by atoms with Crippen LogP contribution >= 0.6 is 11.3 Å². The number of benzene rings is 2. The number of aliphatic hydroxyl groups is 1. The molecule has 0 aliphatic carbocycles. The average molecular weight is 463 g/mol. The van der Waals surface area contributed by atoms with Crippen molar-refractivity contribution in [2.24, 2.45) is 7.05 Å². The van der Waals surface area contributed by atoms with E-state index in [2.05, 4.69) is 20.6 Å². The maximum atomic E-state index is 12.9. The van der Waals surface area contributed by atoms with Crippen LogP contribution in [0, 0.1) is 0 Å². The number of alkyl halides is 3. The maximum absolute atomic E-state index is 12.9. The molecule has 11 heteroatoms. The van der Waals surface area contributed by atoms with Gasteiger partial charge in [0.25, 0.3) is 5.91 Å². The van der Waals surface area contributed by atoms with E-state index in [0.717, 1.165) is 29.0 Å². The third-order valence-electron chi connectivity index (χ3n) is 4.93. The molecule has 0 saturated heterocycles. The predicted octanol–water partition coefficient (Wildman–Crippen LogP) is 4.45. The predicted molar refractivity (Wildman–Crippen MR) is 117 cm³/mol. The van der Waals surface area contributed by atoms with Crippen molar-refractivity contribution in [1.82, 2.24) is 19.9 Å². The molecular formula is C21H20F3N5O2S. The molecular weight excluding hydrogens is 443 g/mol. The van der Waals surface area contributed by atoms with Gasteiger partial charge in [0.1, 0.15) is 0 Å². The van der Waals surface area contributed by atoms with Crippen LogP contribution in [0.25, 0.3) is 21.3 Å². The Morgan fingerprint density at radius 2 is 1.97 bits per heavy atom. The summed E-state index contributed by atoms with van der Waals surface area (Å²) in [5.41, 5.74) is 1.53. The molecule has 168 valence electrons. The quantitative estimate of drug-likeness (QED) is 0.393. The molecule has 4 aromatic rings. The number of aromatic nitrogens is 3. The highest BCUT2D eigenvalue weighted by atomic mass is 32.1. The van der Waals surface area contributed by atoms with Gasteiger partial charge < -0.3 is 20.3 Å². The number of anilines is 2. The lowest BCUT2D eigenvalue weighted by Crippen LogP contribution is -2.26. The molecule has 3 N–H and O–H groups in total. The normalized spacial score (nSPS) is 12.9. The van der Waals surface area contributed by atoms with Gasteiger partial charge >= 0.3 is 6.18 Å². The van der Waals surface area contributed by atoms with Crippen molar-refractivity contribution in [3.05, 3.63) is 47.5 Å². The minimum atomic E-state index is -4.41. The number of nitrogens with zero attached hydrogens (tertiary/aromatic N) is 3. The van der Waals surface area contributed by atoms with Crippen molar-refractivity contribution < 1.29 is 23.1 Å². The van der Waals surface area contributed by atoms with Crippen LogP contribution in [0.3, 0.4) is 0 Å². The molecule has 2 aromatic carbocycles. The minimum absolute atomic E-state index is 0.264. The molecule has 1 amide bonds. The summed E-state index contributed by atoms with van der Waals surface area (Å²) in [4.78, 5) is 21.2. The van der Waals surface area contributed by atoms with Gasteiger partial charge in [-0.25, -0.2) is 9.97 Å². The number of rotatable bonds is 6. The van der Waals surface area contributed by atoms with Crippen molar-refractivity contribution in [2.75, 3.05) is 11.9 Å². The summed E-state index contributed by atoms with van der Waals surface area (Å²) in [6.07, 6.45) is -4.45. The van der Waals surface area contributed by atoms with Crippen LogP contribution in [0.2, 0.25) is 0 Å². The van der Waals surface area contributed by atoms with E-state index in [9.17, 15) is 23.1 Å². The van der Waals surface area contributed by atoms with Crippen molar-refractivity contribution in [2.45, 2.75) is 25.6 Å². The van der Waals surface area contributed by atoms with Gasteiger partial charge in [0.2, 0.25) is 5.95 Å². The Hall–Kier alpha value is -3.18. The maximum Gasteiger partial charge on any atom is 0.416 e. The van der Waals surface area contributed by atoms with Gasteiger partial charge in [0.15, 0.2) is 5.13 Å². The topological polar surface area (TPSA) is 92.1 Å². The molecule has 1 unspecified atom stereocenters. The Labute approximate surface area is 184 Å². The zero-order chi connectivity index (χ0) is 23.0. The van der Waals surface area contributed by atoms with E-state index in [1.807, 2.05) is 0 Å². The van der Waals surface area contributed by atoms with E-state index in [-0.39, 0.29) is 5.91 Å². The van der Waals surface area contributed by atoms with Crippen molar-refractivity contribution in [3.63, 3.8) is 0 Å². The minimum Gasteiger partial charge on any atom is -0.393 e. The number of amides is 1. The van der Waals surface area contributed by atoms with Crippen LogP contribution in [0.15, 0.2) is 36.4 Å². The first kappa shape index (κ1) is 22.0. The molecule has 0 fully saturated rings. The van der Waals surface area contributed by atoms with Crippen LogP contribution in [-0.2, 0) is 13.2 Å². The Morgan fingerprint density at radius 3 is 2.69 bits per heavy atom. The largest absolute Gasteiger partial charge is 0.416 e. The lowest BCUT2D eigenvalue weighted by atomic mass is 10.2. The number of fused-ring (bicyclic) bond motifs is 2. The number of carbonyl (C=O) groups is 1. The fourth-order valence-corrected chi connectivity index (χ4v) is 4.10. The summed E-state index contributed by atoms with van der Waals surface area (Å²) >= 11 is 1.10. The first-order valence-corrected chi connectivity index (χ1v) is 10.6. The summed E-state index contributed by atoms with van der Waals surface area (Å²) in [5.74, 6) is 0.182. The molecule has 0 radical (unpaired) electrons. The van der Waals surface area contributed by atoms with Crippen LogP contribution in [0.5, 0.6) is 0 Å². The van der Waals surface area contributed by atoms with Gasteiger partial charge in [-0.1, -0.05) is 11.3 Å². The van der Waals surface area contributed by atoms with E-state index >= 15 is 0 Å². The number of aryl methyl sites for hydroxylation is 1. The molecule has 0 aliphatic rings. The van der Waals surface area contributed by atoms with Gasteiger partial charge in [-0.15, -0.1) is 0 Å². The number of aliphatic hydroxyl groups excluding tert-OH is 1. The molecule has 0 saturated carbocycles. The van der Waals surface area contributed by atoms with Crippen molar-refractivity contribution in [3.8, 4) is 0 Å². The van der Waals surface area contributed by atoms with Crippen LogP contribution in [0.1, 0.15) is 29.3 Å². The average Bonchev–Trinajstić information content (AvgIpc) is 3.26. The van der Waals surface area contributed by atoms with Crippen LogP contribution < -0.4 is 10.6 Å². The Bertz CT molecular complexity index is 1300. The Balaban J connectivity index is 1.57. The van der Waals surface area contributed by atoms with Crippen LogP contribution in [-0.4, -0.2) is 38.2 Å². The number of hydrogen-bond acceptors (Lipinski definition) is 6. The first-order valence-electron chi connectivity index (χ1n) is 9.79. The van der Waals surface area contributed by atoms with Crippen molar-refractivity contribution >= 4 is 49.6 Å². The smallest absolute Gasteiger partial charge is 0.393 e. The summed E-state index contributed by atoms with van der Waals surface area (Å²) in [5, 5.41) is 15.5. The summed E-state index contributed by atoms with van der Waals surface area (Å²) < 4.78 is 41.0. The molecule has 7 nitrogen and oxygen atoms in total. The molecule has 32 heavy (non-hydrogen) atoms. The number of imidazole rings is 1. The second-order valence-corrected chi connectivity index (χ2v) is 8.45. The van der Waals surface area contributed by atoms with Crippen LogP contribution in [0.4, 0.5) is 24.3 Å². The summed E-state index contributed by atoms with van der Waals surface area (Å²) in [6, 6.07) is 8.54. The van der Waals surface area contributed by atoms with Gasteiger partial charge in [0.05, 0.1) is 32.9 Å². The molecule has 2 heterocycles. The van der Waals surface area contributed by atoms with E-state index in [1.54, 1.807) is 36.7 Å². The monoisotopic (exact) mass is 463 g/mol. The number of hydrogen-bond donors (Lipinski definition) is 3. The highest BCUT2D eigenvalue weighted by Gasteiger charge is 2.30. The molecule has 2 aromatic heterocycles. The number of thiazole rings is 1. The van der Waals surface area contributed by atoms with Gasteiger partial charge in [0, 0.05) is 19.2 Å². The molecule has 1 atom stereocenters. The summed E-state index contributed by atoms with van der Waals surface area (Å²) in [7, 11) is 1.79. The fraction of sp³-hybridized carbons (Fsp3) is 0.286. The van der Waals surface area contributed by atoms with E-state index in [4.69, 9.17) is 0 Å². The second-order valence-electron chi connectivity index (χ2n) is 7.42. The molecule has 0 aliphatic heterocycles. The van der Waals surface area contributed by atoms with E-state index < -0.39 is 17.8 Å². The number of halogens is 3. The van der Waals surface area contributed by atoms with Crippen molar-refractivity contribution in [1.29, 1.82) is 0 Å². The first-order chi connectivity index (χ1) is 15.1. The number of nitrogens with one attached hydrogen (secondary N) is 2. The lowest BCUT2D eigenvalue weighted by molar-refractivity contribution is -0.137. The number of carbonyl (C=O) groups excluding carboxylic acids is 1. The second kappa shape index (κ2) is 8.40. The Kier molecular flexibility index (Phi) is 5.78. The van der Waals surface area contributed by atoms with E-state index in [1.165, 1.54) is 6.07 Å². The zero-order valence-corrected chi connectivity index (χ0v) is 18.0.